The molecular weight excluding hydrogens is 290 g/mol. The lowest BCUT2D eigenvalue weighted by Gasteiger charge is -2.12. The number of benzene rings is 2. The third-order valence-corrected chi connectivity index (χ3v) is 3.25. The van der Waals surface area contributed by atoms with Gasteiger partial charge in [-0.1, -0.05) is 12.2 Å². The molecule has 1 aliphatic heterocycles. The zero-order valence-corrected chi connectivity index (χ0v) is 12.1. The molecule has 2 aromatic carbocycles. The molecule has 0 bridgehead atoms. The van der Waals surface area contributed by atoms with E-state index < -0.39 is 0 Å². The van der Waals surface area contributed by atoms with Gasteiger partial charge in [0, 0.05) is 12.1 Å². The standard InChI is InChI=1S/C15H13NO4S/c1-17-9-2-4-11(15(16)21)13(6-9)20-10-3-5-12-14(7-10)19-8-18-12/h2-7H,8H2,1H3,(H2,16,21). The summed E-state index contributed by atoms with van der Waals surface area (Å²) in [5.74, 6) is 3.13. The monoisotopic (exact) mass is 303 g/mol. The van der Waals surface area contributed by atoms with Gasteiger partial charge in [0.2, 0.25) is 6.79 Å². The first-order chi connectivity index (χ1) is 10.2. The van der Waals surface area contributed by atoms with Crippen LogP contribution in [0, 0.1) is 0 Å². The Morgan fingerprint density at radius 2 is 1.86 bits per heavy atom. The van der Waals surface area contributed by atoms with Gasteiger partial charge in [-0.05, 0) is 24.3 Å². The number of fused-ring (bicyclic) bond motifs is 1. The molecule has 0 aliphatic carbocycles. The number of hydrogen-bond acceptors (Lipinski definition) is 5. The van der Waals surface area contributed by atoms with Crippen LogP contribution in [0.5, 0.6) is 28.7 Å². The number of methoxy groups -OCH3 is 1. The topological polar surface area (TPSA) is 62.9 Å². The average Bonchev–Trinajstić information content (AvgIpc) is 2.94. The Morgan fingerprint density at radius 1 is 1.10 bits per heavy atom. The quantitative estimate of drug-likeness (QED) is 0.876. The van der Waals surface area contributed by atoms with Crippen molar-refractivity contribution in [1.29, 1.82) is 0 Å². The van der Waals surface area contributed by atoms with Crippen LogP contribution in [-0.2, 0) is 0 Å². The Kier molecular flexibility index (Phi) is 3.53. The van der Waals surface area contributed by atoms with E-state index in [-0.39, 0.29) is 11.8 Å². The molecule has 5 nitrogen and oxygen atoms in total. The third kappa shape index (κ3) is 2.71. The van der Waals surface area contributed by atoms with Crippen LogP contribution in [-0.4, -0.2) is 18.9 Å². The van der Waals surface area contributed by atoms with Crippen LogP contribution in [0.15, 0.2) is 36.4 Å². The summed E-state index contributed by atoms with van der Waals surface area (Å²) in [6.45, 7) is 0.218. The van der Waals surface area contributed by atoms with Crippen LogP contribution in [0.3, 0.4) is 0 Å². The largest absolute Gasteiger partial charge is 0.497 e. The molecule has 1 aliphatic rings. The molecule has 2 aromatic rings. The van der Waals surface area contributed by atoms with Crippen molar-refractivity contribution in [2.75, 3.05) is 13.9 Å². The fourth-order valence-electron chi connectivity index (χ4n) is 1.98. The first kappa shape index (κ1) is 13.5. The van der Waals surface area contributed by atoms with Crippen molar-refractivity contribution in [2.45, 2.75) is 0 Å². The highest BCUT2D eigenvalue weighted by Gasteiger charge is 2.15. The van der Waals surface area contributed by atoms with E-state index in [2.05, 4.69) is 0 Å². The molecule has 0 saturated heterocycles. The Labute approximate surface area is 127 Å². The van der Waals surface area contributed by atoms with Gasteiger partial charge in [-0.15, -0.1) is 0 Å². The summed E-state index contributed by atoms with van der Waals surface area (Å²) >= 11 is 5.04. The van der Waals surface area contributed by atoms with E-state index in [0.29, 0.717) is 34.3 Å². The first-order valence-corrected chi connectivity index (χ1v) is 6.63. The second-order valence-corrected chi connectivity index (χ2v) is 4.78. The van der Waals surface area contributed by atoms with Crippen molar-refractivity contribution in [2.24, 2.45) is 5.73 Å². The summed E-state index contributed by atoms with van der Waals surface area (Å²) in [6.07, 6.45) is 0. The maximum Gasteiger partial charge on any atom is 0.231 e. The molecule has 108 valence electrons. The van der Waals surface area contributed by atoms with Gasteiger partial charge in [0.1, 0.15) is 22.2 Å². The molecule has 0 radical (unpaired) electrons. The highest BCUT2D eigenvalue weighted by molar-refractivity contribution is 7.80. The highest BCUT2D eigenvalue weighted by Crippen LogP contribution is 2.37. The fourth-order valence-corrected chi connectivity index (χ4v) is 2.15. The molecule has 0 fully saturated rings. The number of thiocarbonyl (C=S) groups is 1. The number of hydrogen-bond donors (Lipinski definition) is 1. The Balaban J connectivity index is 1.95. The maximum atomic E-state index is 5.86. The predicted molar refractivity (Wildman–Crippen MR) is 81.5 cm³/mol. The average molecular weight is 303 g/mol. The summed E-state index contributed by atoms with van der Waals surface area (Å²) in [5.41, 5.74) is 6.36. The highest BCUT2D eigenvalue weighted by atomic mass is 32.1. The predicted octanol–water partition coefficient (Wildman–Crippen LogP) is 2.85. The fraction of sp³-hybridized carbons (Fsp3) is 0.133. The lowest BCUT2D eigenvalue weighted by molar-refractivity contribution is 0.174. The number of ether oxygens (including phenoxy) is 4. The minimum atomic E-state index is 0.218. The molecule has 3 rings (SSSR count). The molecule has 6 heteroatoms. The third-order valence-electron chi connectivity index (χ3n) is 3.03. The molecule has 21 heavy (non-hydrogen) atoms. The lowest BCUT2D eigenvalue weighted by Crippen LogP contribution is -2.10. The molecule has 0 atom stereocenters. The van der Waals surface area contributed by atoms with Gasteiger partial charge in [0.15, 0.2) is 11.5 Å². The van der Waals surface area contributed by atoms with E-state index >= 15 is 0 Å². The molecular formula is C15H13NO4S. The molecule has 0 unspecified atom stereocenters. The molecule has 2 N–H and O–H groups in total. The van der Waals surface area contributed by atoms with Crippen LogP contribution in [0.1, 0.15) is 5.56 Å². The van der Waals surface area contributed by atoms with E-state index in [0.717, 1.165) is 0 Å². The van der Waals surface area contributed by atoms with E-state index in [1.807, 2.05) is 0 Å². The van der Waals surface area contributed by atoms with Crippen molar-refractivity contribution < 1.29 is 18.9 Å². The lowest BCUT2D eigenvalue weighted by atomic mass is 10.2. The minimum absolute atomic E-state index is 0.218. The first-order valence-electron chi connectivity index (χ1n) is 6.23. The number of rotatable bonds is 4. The molecule has 0 aromatic heterocycles. The van der Waals surface area contributed by atoms with Gasteiger partial charge in [0.25, 0.3) is 0 Å². The zero-order chi connectivity index (χ0) is 14.8. The summed E-state index contributed by atoms with van der Waals surface area (Å²) < 4.78 is 21.6. The number of nitrogens with two attached hydrogens (primary N) is 1. The van der Waals surface area contributed by atoms with Crippen LogP contribution >= 0.6 is 12.2 Å². The van der Waals surface area contributed by atoms with Gasteiger partial charge < -0.3 is 24.7 Å². The van der Waals surface area contributed by atoms with Gasteiger partial charge in [-0.2, -0.15) is 0 Å². The normalized spacial score (nSPS) is 12.0. The summed E-state index contributed by atoms with van der Waals surface area (Å²) in [7, 11) is 1.58. The van der Waals surface area contributed by atoms with Gasteiger partial charge >= 0.3 is 0 Å². The molecule has 0 spiro atoms. The van der Waals surface area contributed by atoms with Crippen molar-refractivity contribution >= 4 is 17.2 Å². The van der Waals surface area contributed by atoms with Crippen molar-refractivity contribution in [1.82, 2.24) is 0 Å². The zero-order valence-electron chi connectivity index (χ0n) is 11.3. The van der Waals surface area contributed by atoms with Gasteiger partial charge in [-0.25, -0.2) is 0 Å². The van der Waals surface area contributed by atoms with Crippen molar-refractivity contribution in [3.05, 3.63) is 42.0 Å². The minimum Gasteiger partial charge on any atom is -0.497 e. The van der Waals surface area contributed by atoms with Crippen LogP contribution in [0.4, 0.5) is 0 Å². The Hall–Kier alpha value is -2.47. The SMILES string of the molecule is COc1ccc(C(N)=S)c(Oc2ccc3c(c2)OCO3)c1. The molecule has 0 amide bonds. The van der Waals surface area contributed by atoms with E-state index in [1.165, 1.54) is 0 Å². The summed E-state index contributed by atoms with van der Waals surface area (Å²) in [5, 5.41) is 0. The van der Waals surface area contributed by atoms with E-state index in [9.17, 15) is 0 Å². The van der Waals surface area contributed by atoms with E-state index in [4.69, 9.17) is 36.9 Å². The summed E-state index contributed by atoms with van der Waals surface area (Å²) in [4.78, 5) is 0.258. The van der Waals surface area contributed by atoms with Crippen molar-refractivity contribution in [3.8, 4) is 28.7 Å². The van der Waals surface area contributed by atoms with Gasteiger partial charge in [-0.3, -0.25) is 0 Å². The molecule has 1 heterocycles. The smallest absolute Gasteiger partial charge is 0.231 e. The maximum absolute atomic E-state index is 5.86. The van der Waals surface area contributed by atoms with Crippen LogP contribution < -0.4 is 24.7 Å². The second kappa shape index (κ2) is 5.49. The molecule has 0 saturated carbocycles. The summed E-state index contributed by atoms with van der Waals surface area (Å²) in [6, 6.07) is 10.6. The van der Waals surface area contributed by atoms with Crippen molar-refractivity contribution in [3.63, 3.8) is 0 Å². The van der Waals surface area contributed by atoms with E-state index in [1.54, 1.807) is 43.5 Å². The van der Waals surface area contributed by atoms with Gasteiger partial charge in [0.05, 0.1) is 12.7 Å². The Morgan fingerprint density at radius 3 is 2.62 bits per heavy atom. The Bertz CT molecular complexity index is 702. The van der Waals surface area contributed by atoms with Crippen LogP contribution in [0.25, 0.3) is 0 Å². The second-order valence-electron chi connectivity index (χ2n) is 4.34. The van der Waals surface area contributed by atoms with Crippen LogP contribution in [0.2, 0.25) is 0 Å².